The minimum absolute atomic E-state index is 0.0199. The van der Waals surface area contributed by atoms with E-state index in [9.17, 15) is 9.59 Å². The number of benzene rings is 2. The lowest BCUT2D eigenvalue weighted by Crippen LogP contribution is -2.44. The lowest BCUT2D eigenvalue weighted by molar-refractivity contribution is -0.0373. The van der Waals surface area contributed by atoms with Crippen LogP contribution in [0.4, 0.5) is 0 Å². The van der Waals surface area contributed by atoms with Crippen molar-refractivity contribution in [1.82, 2.24) is 19.0 Å². The Morgan fingerprint density at radius 2 is 1.71 bits per heavy atom. The van der Waals surface area contributed by atoms with Crippen LogP contribution < -0.4 is 10.3 Å². The number of fused-ring (bicyclic) bond motifs is 1. The number of carbonyl (C=O) groups is 1. The van der Waals surface area contributed by atoms with Crippen LogP contribution >= 0.6 is 11.8 Å². The number of thioether (sulfide) groups is 1. The fourth-order valence-electron chi connectivity index (χ4n) is 4.72. The molecule has 38 heavy (non-hydrogen) atoms. The van der Waals surface area contributed by atoms with Gasteiger partial charge in [-0.2, -0.15) is 0 Å². The zero-order valence-electron chi connectivity index (χ0n) is 21.9. The molecule has 1 fully saturated rings. The van der Waals surface area contributed by atoms with Crippen LogP contribution in [0.15, 0.2) is 70.7 Å². The minimum Gasteiger partial charge on any atom is -0.475 e. The van der Waals surface area contributed by atoms with Gasteiger partial charge in [-0.15, -0.1) is 0 Å². The Morgan fingerprint density at radius 3 is 2.34 bits per heavy atom. The first-order valence-corrected chi connectivity index (χ1v) is 14.1. The molecule has 0 aliphatic carbocycles. The summed E-state index contributed by atoms with van der Waals surface area (Å²) < 4.78 is 15.1. The Bertz CT molecular complexity index is 1470. The third-order valence-electron chi connectivity index (χ3n) is 6.89. The zero-order chi connectivity index (χ0) is 26.6. The molecule has 2 aromatic carbocycles. The van der Waals surface area contributed by atoms with Gasteiger partial charge < -0.3 is 14.0 Å². The van der Waals surface area contributed by atoms with Crippen molar-refractivity contribution in [2.24, 2.45) is 0 Å². The first-order valence-electron chi connectivity index (χ1n) is 12.8. The Morgan fingerprint density at radius 1 is 1.05 bits per heavy atom. The largest absolute Gasteiger partial charge is 0.475 e. The van der Waals surface area contributed by atoms with Crippen LogP contribution in [0.2, 0.25) is 0 Å². The van der Waals surface area contributed by atoms with Crippen LogP contribution in [0.5, 0.6) is 5.75 Å². The maximum absolute atomic E-state index is 13.1. The molecule has 5 rings (SSSR count). The van der Waals surface area contributed by atoms with Gasteiger partial charge in [-0.25, -0.2) is 4.98 Å². The Hall–Kier alpha value is -3.40. The van der Waals surface area contributed by atoms with Crippen LogP contribution in [0.3, 0.4) is 0 Å². The molecule has 0 N–H and O–H groups in total. The van der Waals surface area contributed by atoms with Crippen LogP contribution in [0.25, 0.3) is 11.0 Å². The van der Waals surface area contributed by atoms with Crippen LogP contribution in [0, 0.1) is 0 Å². The topological polar surface area (TPSA) is 78.6 Å². The molecule has 0 bridgehead atoms. The summed E-state index contributed by atoms with van der Waals surface area (Å²) in [5, 5.41) is 1.32. The van der Waals surface area contributed by atoms with E-state index in [1.165, 1.54) is 11.8 Å². The van der Waals surface area contributed by atoms with E-state index >= 15 is 0 Å². The van der Waals surface area contributed by atoms with Crippen LogP contribution in [0.1, 0.15) is 35.3 Å². The van der Waals surface area contributed by atoms with Crippen LogP contribution in [-0.2, 0) is 17.8 Å². The summed E-state index contributed by atoms with van der Waals surface area (Å²) in [6, 6.07) is 16.7. The van der Waals surface area contributed by atoms with Crippen molar-refractivity contribution < 1.29 is 14.3 Å². The summed E-state index contributed by atoms with van der Waals surface area (Å²) >= 11 is 1.47. The zero-order valence-corrected chi connectivity index (χ0v) is 22.7. The van der Waals surface area contributed by atoms with Crippen molar-refractivity contribution in [3.05, 3.63) is 87.8 Å². The van der Waals surface area contributed by atoms with E-state index in [0.29, 0.717) is 40.4 Å². The molecule has 0 radical (unpaired) electrons. The maximum Gasteiger partial charge on any atom is 0.263 e. The van der Waals surface area contributed by atoms with Crippen molar-refractivity contribution in [2.75, 3.05) is 32.6 Å². The van der Waals surface area contributed by atoms with Gasteiger partial charge in [0.1, 0.15) is 17.6 Å². The number of ketones is 1. The van der Waals surface area contributed by atoms with Crippen molar-refractivity contribution in [3.63, 3.8) is 0 Å². The molecule has 1 aliphatic rings. The summed E-state index contributed by atoms with van der Waals surface area (Å²) in [5.74, 6) is 0.695. The van der Waals surface area contributed by atoms with Crippen molar-refractivity contribution in [3.8, 4) is 5.75 Å². The number of ether oxygens (including phenoxy) is 2. The second kappa shape index (κ2) is 11.6. The second-order valence-corrected chi connectivity index (χ2v) is 10.0. The van der Waals surface area contributed by atoms with Gasteiger partial charge in [-0.05, 0) is 56.0 Å². The highest BCUT2D eigenvalue weighted by atomic mass is 32.2. The summed E-state index contributed by atoms with van der Waals surface area (Å²) in [7, 11) is 0. The van der Waals surface area contributed by atoms with Gasteiger partial charge in [0.25, 0.3) is 5.56 Å². The number of morpholine rings is 1. The van der Waals surface area contributed by atoms with Gasteiger partial charge in [-0.3, -0.25) is 19.1 Å². The van der Waals surface area contributed by atoms with Crippen molar-refractivity contribution >= 4 is 28.6 Å². The maximum atomic E-state index is 13.1. The molecule has 1 unspecified atom stereocenters. The first-order chi connectivity index (χ1) is 18.5. The summed E-state index contributed by atoms with van der Waals surface area (Å²) in [6.07, 6.45) is 3.77. The molecule has 1 atom stereocenters. The fraction of sp³-hybridized carbons (Fsp3) is 0.345. The van der Waals surface area contributed by atoms with E-state index < -0.39 is 0 Å². The Balaban J connectivity index is 1.26. The molecule has 1 saturated heterocycles. The molecule has 8 nitrogen and oxygen atoms in total. The molecule has 1 aliphatic heterocycles. The third kappa shape index (κ3) is 5.41. The molecule has 0 spiro atoms. The normalized spacial score (nSPS) is 15.0. The predicted molar refractivity (Wildman–Crippen MR) is 149 cm³/mol. The Labute approximate surface area is 226 Å². The highest BCUT2D eigenvalue weighted by Crippen LogP contribution is 2.20. The third-order valence-corrected chi connectivity index (χ3v) is 7.57. The molecule has 9 heteroatoms. The number of aromatic nitrogens is 3. The molecule has 3 heterocycles. The van der Waals surface area contributed by atoms with E-state index in [-0.39, 0.29) is 17.6 Å². The lowest BCUT2D eigenvalue weighted by atomic mass is 10.0. The molecular formula is C29H32N4O4S. The van der Waals surface area contributed by atoms with Crippen molar-refractivity contribution in [2.45, 2.75) is 38.3 Å². The molecule has 0 amide bonds. The Kier molecular flexibility index (Phi) is 7.97. The standard InChI is InChI=1S/C29H32N4O4S/c1-4-33-28(35)25-13-14-32(27(25)30-29(33)38-3)19-21-5-7-22(8-6-21)26(34)23-9-11-24(12-10-23)37-20(2)31-15-17-36-18-16-31/h5-14,20H,4,15-19H2,1-3H3. The van der Waals surface area contributed by atoms with Gasteiger partial charge in [-0.1, -0.05) is 36.0 Å². The number of hydrogen-bond donors (Lipinski definition) is 0. The highest BCUT2D eigenvalue weighted by molar-refractivity contribution is 7.98. The predicted octanol–water partition coefficient (Wildman–Crippen LogP) is 4.28. The summed E-state index contributed by atoms with van der Waals surface area (Å²) in [4.78, 5) is 32.9. The quantitative estimate of drug-likeness (QED) is 0.181. The van der Waals surface area contributed by atoms with Gasteiger partial charge in [0, 0.05) is 43.5 Å². The highest BCUT2D eigenvalue weighted by Gasteiger charge is 2.19. The number of rotatable bonds is 9. The van der Waals surface area contributed by atoms with Gasteiger partial charge in [0.05, 0.1) is 18.6 Å². The van der Waals surface area contributed by atoms with Gasteiger partial charge >= 0.3 is 0 Å². The van der Waals surface area contributed by atoms with Crippen molar-refractivity contribution in [1.29, 1.82) is 0 Å². The second-order valence-electron chi connectivity index (χ2n) is 9.24. The first kappa shape index (κ1) is 26.2. The van der Waals surface area contributed by atoms with Crippen LogP contribution in [-0.4, -0.2) is 63.6 Å². The van der Waals surface area contributed by atoms with E-state index in [2.05, 4.69) is 4.90 Å². The smallest absolute Gasteiger partial charge is 0.263 e. The van der Waals surface area contributed by atoms with E-state index in [1.807, 2.05) is 85.5 Å². The molecule has 4 aromatic rings. The number of nitrogens with zero attached hydrogens (tertiary/aromatic N) is 4. The minimum atomic E-state index is -0.0550. The lowest BCUT2D eigenvalue weighted by Gasteiger charge is -2.32. The van der Waals surface area contributed by atoms with E-state index in [4.69, 9.17) is 14.5 Å². The van der Waals surface area contributed by atoms with Gasteiger partial charge in [0.2, 0.25) is 0 Å². The monoisotopic (exact) mass is 532 g/mol. The molecule has 2 aromatic heterocycles. The SMILES string of the molecule is CCn1c(SC)nc2c(ccn2Cc2ccc(C(=O)c3ccc(OC(C)N4CCOCC4)cc3)cc2)c1=O. The molecule has 198 valence electrons. The van der Waals surface area contributed by atoms with E-state index in [0.717, 1.165) is 37.6 Å². The molecular weight excluding hydrogens is 500 g/mol. The van der Waals surface area contributed by atoms with E-state index in [1.54, 1.807) is 4.57 Å². The number of hydrogen-bond acceptors (Lipinski definition) is 7. The average Bonchev–Trinajstić information content (AvgIpc) is 3.36. The number of carbonyl (C=O) groups excluding carboxylic acids is 1. The van der Waals surface area contributed by atoms with Gasteiger partial charge in [0.15, 0.2) is 10.9 Å². The summed E-state index contributed by atoms with van der Waals surface area (Å²) in [6.45, 7) is 8.26. The summed E-state index contributed by atoms with van der Waals surface area (Å²) in [5.41, 5.74) is 2.91. The molecule has 0 saturated carbocycles. The average molecular weight is 533 g/mol. The fourth-order valence-corrected chi connectivity index (χ4v) is 5.33.